The fraction of sp³-hybridized carbons (Fsp3) is 1.00. The Hall–Kier alpha value is -0.160. The monoisotopic (exact) mass is 147 g/mol. The second-order valence-corrected chi connectivity index (χ2v) is 2.75. The molecule has 0 radical (unpaired) electrons. The van der Waals surface area contributed by atoms with Gasteiger partial charge < -0.3 is 20.6 Å². The SMILES string of the molecule is C[C@H]1NC[C@@H](O)[C@H](O)[C@@H]1O. The molecule has 4 heteroatoms. The molecular formula is C6H13NO3. The van der Waals surface area contributed by atoms with Crippen molar-refractivity contribution in [2.45, 2.75) is 31.3 Å². The average molecular weight is 147 g/mol. The molecule has 0 aromatic carbocycles. The Bertz CT molecular complexity index is 106. The van der Waals surface area contributed by atoms with Gasteiger partial charge in [0, 0.05) is 12.6 Å². The van der Waals surface area contributed by atoms with Gasteiger partial charge in [-0.2, -0.15) is 0 Å². The Labute approximate surface area is 59.5 Å². The molecule has 1 heterocycles. The first-order chi connectivity index (χ1) is 4.63. The zero-order valence-corrected chi connectivity index (χ0v) is 5.86. The molecule has 1 fully saturated rings. The molecule has 0 amide bonds. The molecule has 1 aliphatic heterocycles. The molecule has 0 spiro atoms. The third kappa shape index (κ3) is 1.29. The number of β-amino-alcohol motifs (C(OH)–C–C–N with tert-alkyl or cyclic N) is 1. The van der Waals surface area contributed by atoms with Crippen molar-refractivity contribution in [3.63, 3.8) is 0 Å². The van der Waals surface area contributed by atoms with Crippen molar-refractivity contribution in [1.29, 1.82) is 0 Å². The van der Waals surface area contributed by atoms with E-state index in [0.717, 1.165) is 0 Å². The molecule has 1 saturated heterocycles. The first kappa shape index (κ1) is 7.94. The molecule has 0 aromatic rings. The van der Waals surface area contributed by atoms with Crippen molar-refractivity contribution in [3.8, 4) is 0 Å². The van der Waals surface area contributed by atoms with Gasteiger partial charge in [-0.25, -0.2) is 0 Å². The molecule has 0 aromatic heterocycles. The number of piperidine rings is 1. The summed E-state index contributed by atoms with van der Waals surface area (Å²) >= 11 is 0. The summed E-state index contributed by atoms with van der Waals surface area (Å²) in [5, 5.41) is 30.1. The molecule has 0 aliphatic carbocycles. The largest absolute Gasteiger partial charge is 0.389 e. The molecular weight excluding hydrogens is 134 g/mol. The minimum absolute atomic E-state index is 0.140. The third-order valence-electron chi connectivity index (χ3n) is 1.91. The van der Waals surface area contributed by atoms with Gasteiger partial charge in [0.25, 0.3) is 0 Å². The summed E-state index contributed by atoms with van der Waals surface area (Å²) in [7, 11) is 0. The normalized spacial score (nSPS) is 49.2. The van der Waals surface area contributed by atoms with Crippen molar-refractivity contribution in [2.75, 3.05) is 6.54 Å². The van der Waals surface area contributed by atoms with Crippen LogP contribution in [-0.2, 0) is 0 Å². The molecule has 60 valence electrons. The Morgan fingerprint density at radius 2 is 1.80 bits per heavy atom. The van der Waals surface area contributed by atoms with Crippen LogP contribution in [0, 0.1) is 0 Å². The summed E-state index contributed by atoms with van der Waals surface area (Å²) in [4.78, 5) is 0. The maximum atomic E-state index is 9.14. The summed E-state index contributed by atoms with van der Waals surface area (Å²) in [6.45, 7) is 2.11. The Morgan fingerprint density at radius 3 is 2.30 bits per heavy atom. The van der Waals surface area contributed by atoms with Crippen LogP contribution in [0.3, 0.4) is 0 Å². The van der Waals surface area contributed by atoms with Crippen LogP contribution in [0.5, 0.6) is 0 Å². The van der Waals surface area contributed by atoms with E-state index in [1.807, 2.05) is 0 Å². The van der Waals surface area contributed by atoms with E-state index in [2.05, 4.69) is 5.32 Å². The molecule has 4 nitrogen and oxygen atoms in total. The third-order valence-corrected chi connectivity index (χ3v) is 1.91. The summed E-state index contributed by atoms with van der Waals surface area (Å²) in [6, 6.07) is -0.140. The highest BCUT2D eigenvalue weighted by Gasteiger charge is 2.33. The zero-order valence-electron chi connectivity index (χ0n) is 5.86. The van der Waals surface area contributed by atoms with Crippen molar-refractivity contribution in [2.24, 2.45) is 0 Å². The Morgan fingerprint density at radius 1 is 1.20 bits per heavy atom. The molecule has 0 unspecified atom stereocenters. The van der Waals surface area contributed by atoms with Gasteiger partial charge >= 0.3 is 0 Å². The quantitative estimate of drug-likeness (QED) is 0.322. The van der Waals surface area contributed by atoms with Crippen LogP contribution in [0.4, 0.5) is 0 Å². The standard InChI is InChI=1S/C6H13NO3/c1-3-5(9)6(10)4(8)2-7-3/h3-10H,2H2,1H3/t3-,4-,5-,6+/m1/s1. The van der Waals surface area contributed by atoms with Crippen LogP contribution in [0.2, 0.25) is 0 Å². The van der Waals surface area contributed by atoms with E-state index < -0.39 is 18.3 Å². The zero-order chi connectivity index (χ0) is 7.72. The molecule has 1 rings (SSSR count). The van der Waals surface area contributed by atoms with E-state index in [1.165, 1.54) is 0 Å². The van der Waals surface area contributed by atoms with Gasteiger partial charge in [0.15, 0.2) is 0 Å². The maximum Gasteiger partial charge on any atom is 0.108 e. The fourth-order valence-corrected chi connectivity index (χ4v) is 1.07. The van der Waals surface area contributed by atoms with Crippen LogP contribution in [0.25, 0.3) is 0 Å². The predicted molar refractivity (Wildman–Crippen MR) is 35.5 cm³/mol. The van der Waals surface area contributed by atoms with Crippen LogP contribution < -0.4 is 5.32 Å². The Kier molecular flexibility index (Phi) is 2.25. The first-order valence-corrected chi connectivity index (χ1v) is 3.40. The van der Waals surface area contributed by atoms with E-state index in [0.29, 0.717) is 6.54 Å². The number of rotatable bonds is 0. The molecule has 4 N–H and O–H groups in total. The Balaban J connectivity index is 2.52. The van der Waals surface area contributed by atoms with Crippen molar-refractivity contribution in [1.82, 2.24) is 5.32 Å². The number of aliphatic hydroxyl groups excluding tert-OH is 3. The van der Waals surface area contributed by atoms with Crippen molar-refractivity contribution >= 4 is 0 Å². The van der Waals surface area contributed by atoms with Crippen molar-refractivity contribution < 1.29 is 15.3 Å². The van der Waals surface area contributed by atoms with Crippen LogP contribution in [0.15, 0.2) is 0 Å². The van der Waals surface area contributed by atoms with E-state index in [9.17, 15) is 0 Å². The highest BCUT2D eigenvalue weighted by molar-refractivity contribution is 4.89. The molecule has 10 heavy (non-hydrogen) atoms. The highest BCUT2D eigenvalue weighted by atomic mass is 16.4. The van der Waals surface area contributed by atoms with Gasteiger partial charge in [0.05, 0.1) is 12.2 Å². The smallest absolute Gasteiger partial charge is 0.108 e. The van der Waals surface area contributed by atoms with E-state index >= 15 is 0 Å². The van der Waals surface area contributed by atoms with Crippen LogP contribution in [0.1, 0.15) is 6.92 Å². The van der Waals surface area contributed by atoms with E-state index in [-0.39, 0.29) is 6.04 Å². The summed E-state index contributed by atoms with van der Waals surface area (Å²) in [5.41, 5.74) is 0. The van der Waals surface area contributed by atoms with Gasteiger partial charge in [0.1, 0.15) is 6.10 Å². The lowest BCUT2D eigenvalue weighted by Gasteiger charge is -2.33. The lowest BCUT2D eigenvalue weighted by Crippen LogP contribution is -2.58. The minimum atomic E-state index is -1.00. The second kappa shape index (κ2) is 2.84. The fourth-order valence-electron chi connectivity index (χ4n) is 1.07. The summed E-state index contributed by atoms with van der Waals surface area (Å²) in [6.07, 6.45) is -2.70. The number of hydrogen-bond acceptors (Lipinski definition) is 4. The van der Waals surface area contributed by atoms with Crippen molar-refractivity contribution in [3.05, 3.63) is 0 Å². The topological polar surface area (TPSA) is 72.7 Å². The average Bonchev–Trinajstić information content (AvgIpc) is 1.93. The van der Waals surface area contributed by atoms with Gasteiger partial charge in [-0.1, -0.05) is 0 Å². The van der Waals surface area contributed by atoms with E-state index in [4.69, 9.17) is 15.3 Å². The van der Waals surface area contributed by atoms with Gasteiger partial charge in [-0.3, -0.25) is 0 Å². The molecule has 1 aliphatic rings. The number of nitrogens with one attached hydrogen (secondary N) is 1. The lowest BCUT2D eigenvalue weighted by atomic mass is 9.98. The minimum Gasteiger partial charge on any atom is -0.389 e. The highest BCUT2D eigenvalue weighted by Crippen LogP contribution is 2.09. The predicted octanol–water partition coefficient (Wildman–Crippen LogP) is -1.94. The van der Waals surface area contributed by atoms with Gasteiger partial charge in [0.2, 0.25) is 0 Å². The maximum absolute atomic E-state index is 9.14. The number of hydrogen-bond donors (Lipinski definition) is 4. The first-order valence-electron chi connectivity index (χ1n) is 3.40. The summed E-state index contributed by atoms with van der Waals surface area (Å²) in [5.74, 6) is 0. The lowest BCUT2D eigenvalue weighted by molar-refractivity contribution is -0.0910. The van der Waals surface area contributed by atoms with Crippen LogP contribution >= 0.6 is 0 Å². The van der Waals surface area contributed by atoms with E-state index in [1.54, 1.807) is 6.92 Å². The molecule has 4 atom stereocenters. The second-order valence-electron chi connectivity index (χ2n) is 2.75. The van der Waals surface area contributed by atoms with Gasteiger partial charge in [-0.05, 0) is 6.92 Å². The van der Waals surface area contributed by atoms with Crippen LogP contribution in [-0.4, -0.2) is 46.2 Å². The summed E-state index contributed by atoms with van der Waals surface area (Å²) < 4.78 is 0. The number of aliphatic hydroxyl groups is 3. The molecule has 0 bridgehead atoms. The van der Waals surface area contributed by atoms with Gasteiger partial charge in [-0.15, -0.1) is 0 Å². The molecule has 0 saturated carbocycles.